The molecule has 2 N–H and O–H groups in total. The van der Waals surface area contributed by atoms with Crippen molar-refractivity contribution in [2.24, 2.45) is 0 Å². The average Bonchev–Trinajstić information content (AvgIpc) is 2.61. The molecular weight excluding hydrogens is 216 g/mol. The second kappa shape index (κ2) is 4.26. The minimum Gasteiger partial charge on any atom is -0.383 e. The number of aromatic nitrogens is 1. The van der Waals surface area contributed by atoms with Crippen LogP contribution in [0.4, 0.5) is 5.82 Å². The highest BCUT2D eigenvalue weighted by atomic mass is 32.1. The van der Waals surface area contributed by atoms with Gasteiger partial charge in [-0.1, -0.05) is 43.7 Å². The minimum absolute atomic E-state index is 0.441. The van der Waals surface area contributed by atoms with Gasteiger partial charge in [-0.15, -0.1) is 11.3 Å². The summed E-state index contributed by atoms with van der Waals surface area (Å²) < 4.78 is 0. The molecule has 2 aromatic rings. The third-order valence-electron chi connectivity index (χ3n) is 2.50. The number of thiazole rings is 1. The third kappa shape index (κ3) is 2.09. The summed E-state index contributed by atoms with van der Waals surface area (Å²) in [6.45, 7) is 6.37. The lowest BCUT2D eigenvalue weighted by Gasteiger charge is -1.99. The van der Waals surface area contributed by atoms with Crippen LogP contribution in [0.5, 0.6) is 0 Å². The van der Waals surface area contributed by atoms with E-state index in [-0.39, 0.29) is 0 Å². The summed E-state index contributed by atoms with van der Waals surface area (Å²) >= 11 is 1.69. The predicted molar refractivity (Wildman–Crippen MR) is 70.8 cm³/mol. The van der Waals surface area contributed by atoms with E-state index in [0.29, 0.717) is 11.7 Å². The van der Waals surface area contributed by atoms with Crippen LogP contribution in [0.2, 0.25) is 0 Å². The summed E-state index contributed by atoms with van der Waals surface area (Å²) in [5.41, 5.74) is 8.32. The number of nitrogens with two attached hydrogens (primary N) is 1. The Morgan fingerprint density at radius 2 is 1.81 bits per heavy atom. The lowest BCUT2D eigenvalue weighted by atomic mass is 10.2. The van der Waals surface area contributed by atoms with E-state index in [9.17, 15) is 0 Å². The number of benzene rings is 1. The summed E-state index contributed by atoms with van der Waals surface area (Å²) in [7, 11) is 0. The molecule has 0 saturated carbocycles. The van der Waals surface area contributed by atoms with Crippen molar-refractivity contribution in [2.45, 2.75) is 26.7 Å². The molecule has 0 aliphatic heterocycles. The molecule has 1 aromatic carbocycles. The SMILES string of the molecule is Cc1ccc(-c2nc(N)c(C(C)C)s2)cc1. The normalized spacial score (nSPS) is 11.0. The first-order valence-electron chi connectivity index (χ1n) is 5.41. The van der Waals surface area contributed by atoms with Crippen molar-refractivity contribution in [3.8, 4) is 10.6 Å². The van der Waals surface area contributed by atoms with Crippen molar-refractivity contribution < 1.29 is 0 Å². The standard InChI is InChI=1S/C13H16N2S/c1-8(2)11-12(14)15-13(16-11)10-6-4-9(3)5-7-10/h4-8H,14H2,1-3H3. The molecule has 0 bridgehead atoms. The maximum atomic E-state index is 5.91. The molecule has 2 nitrogen and oxygen atoms in total. The molecule has 0 amide bonds. The smallest absolute Gasteiger partial charge is 0.138 e. The Hall–Kier alpha value is -1.35. The zero-order chi connectivity index (χ0) is 11.7. The number of nitrogen functional groups attached to an aromatic ring is 1. The van der Waals surface area contributed by atoms with E-state index in [1.807, 2.05) is 0 Å². The predicted octanol–water partition coefficient (Wildman–Crippen LogP) is 3.82. The molecule has 0 aliphatic rings. The Bertz CT molecular complexity index is 483. The van der Waals surface area contributed by atoms with Crippen molar-refractivity contribution in [1.29, 1.82) is 0 Å². The van der Waals surface area contributed by atoms with E-state index in [0.717, 1.165) is 10.6 Å². The number of rotatable bonds is 2. The van der Waals surface area contributed by atoms with Gasteiger partial charge >= 0.3 is 0 Å². The highest BCUT2D eigenvalue weighted by Gasteiger charge is 2.12. The Morgan fingerprint density at radius 1 is 1.19 bits per heavy atom. The lowest BCUT2D eigenvalue weighted by Crippen LogP contribution is -1.91. The van der Waals surface area contributed by atoms with Crippen molar-refractivity contribution in [2.75, 3.05) is 5.73 Å². The van der Waals surface area contributed by atoms with Crippen molar-refractivity contribution in [1.82, 2.24) is 4.98 Å². The molecular formula is C13H16N2S. The van der Waals surface area contributed by atoms with Gasteiger partial charge in [0, 0.05) is 5.56 Å². The summed E-state index contributed by atoms with van der Waals surface area (Å²) in [4.78, 5) is 5.60. The molecule has 84 valence electrons. The molecule has 0 atom stereocenters. The zero-order valence-electron chi connectivity index (χ0n) is 9.82. The van der Waals surface area contributed by atoms with Gasteiger partial charge in [0.1, 0.15) is 10.8 Å². The third-order valence-corrected chi connectivity index (χ3v) is 3.92. The van der Waals surface area contributed by atoms with Gasteiger partial charge in [-0.05, 0) is 12.8 Å². The van der Waals surface area contributed by atoms with Crippen LogP contribution >= 0.6 is 11.3 Å². The van der Waals surface area contributed by atoms with Crippen LogP contribution in [-0.2, 0) is 0 Å². The van der Waals surface area contributed by atoms with Crippen LogP contribution < -0.4 is 5.73 Å². The average molecular weight is 232 g/mol. The second-order valence-electron chi connectivity index (χ2n) is 4.29. The molecule has 0 saturated heterocycles. The van der Waals surface area contributed by atoms with E-state index < -0.39 is 0 Å². The zero-order valence-corrected chi connectivity index (χ0v) is 10.6. The van der Waals surface area contributed by atoms with Gasteiger partial charge in [0.25, 0.3) is 0 Å². The van der Waals surface area contributed by atoms with Crippen LogP contribution in [0.3, 0.4) is 0 Å². The maximum absolute atomic E-state index is 5.91. The minimum atomic E-state index is 0.441. The molecule has 1 heterocycles. The highest BCUT2D eigenvalue weighted by Crippen LogP contribution is 2.34. The first-order valence-corrected chi connectivity index (χ1v) is 6.23. The molecule has 0 aliphatic carbocycles. The van der Waals surface area contributed by atoms with Crippen LogP contribution in [-0.4, -0.2) is 4.98 Å². The van der Waals surface area contributed by atoms with Gasteiger partial charge in [-0.2, -0.15) is 0 Å². The van der Waals surface area contributed by atoms with Crippen molar-refractivity contribution in [3.63, 3.8) is 0 Å². The van der Waals surface area contributed by atoms with Gasteiger partial charge < -0.3 is 5.73 Å². The Labute approximate surface area is 100 Å². The quantitative estimate of drug-likeness (QED) is 0.854. The monoisotopic (exact) mass is 232 g/mol. The van der Waals surface area contributed by atoms with E-state index in [1.165, 1.54) is 10.4 Å². The molecule has 0 spiro atoms. The van der Waals surface area contributed by atoms with Gasteiger partial charge in [-0.3, -0.25) is 0 Å². The molecule has 0 fully saturated rings. The molecule has 3 heteroatoms. The first kappa shape index (κ1) is 11.1. The van der Waals surface area contributed by atoms with E-state index in [1.54, 1.807) is 11.3 Å². The van der Waals surface area contributed by atoms with Crippen molar-refractivity contribution in [3.05, 3.63) is 34.7 Å². The summed E-state index contributed by atoms with van der Waals surface area (Å²) in [5.74, 6) is 1.12. The van der Waals surface area contributed by atoms with Gasteiger partial charge in [0.05, 0.1) is 4.88 Å². The second-order valence-corrected chi connectivity index (χ2v) is 5.32. The summed E-state index contributed by atoms with van der Waals surface area (Å²) in [6, 6.07) is 8.39. The van der Waals surface area contributed by atoms with E-state index in [2.05, 4.69) is 50.0 Å². The van der Waals surface area contributed by atoms with E-state index >= 15 is 0 Å². The van der Waals surface area contributed by atoms with Gasteiger partial charge in [0.15, 0.2) is 0 Å². The fraction of sp³-hybridized carbons (Fsp3) is 0.308. The molecule has 2 rings (SSSR count). The molecule has 0 unspecified atom stereocenters. The van der Waals surface area contributed by atoms with E-state index in [4.69, 9.17) is 5.73 Å². The van der Waals surface area contributed by atoms with Crippen LogP contribution in [0, 0.1) is 6.92 Å². The Kier molecular flexibility index (Phi) is 2.97. The maximum Gasteiger partial charge on any atom is 0.138 e. The fourth-order valence-electron chi connectivity index (χ4n) is 1.58. The largest absolute Gasteiger partial charge is 0.383 e. The highest BCUT2D eigenvalue weighted by molar-refractivity contribution is 7.15. The Morgan fingerprint density at radius 3 is 2.31 bits per heavy atom. The topological polar surface area (TPSA) is 38.9 Å². The van der Waals surface area contributed by atoms with Crippen molar-refractivity contribution >= 4 is 17.2 Å². The first-order chi connectivity index (χ1) is 7.58. The van der Waals surface area contributed by atoms with Crippen LogP contribution in [0.1, 0.15) is 30.2 Å². The number of anilines is 1. The number of nitrogens with zero attached hydrogens (tertiary/aromatic N) is 1. The number of hydrogen-bond donors (Lipinski definition) is 1. The molecule has 1 aromatic heterocycles. The molecule has 16 heavy (non-hydrogen) atoms. The fourth-order valence-corrected chi connectivity index (χ4v) is 2.57. The molecule has 0 radical (unpaired) electrons. The lowest BCUT2D eigenvalue weighted by molar-refractivity contribution is 0.889. The number of hydrogen-bond acceptors (Lipinski definition) is 3. The van der Waals surface area contributed by atoms with Gasteiger partial charge in [-0.25, -0.2) is 4.98 Å². The van der Waals surface area contributed by atoms with Crippen LogP contribution in [0.25, 0.3) is 10.6 Å². The van der Waals surface area contributed by atoms with Crippen LogP contribution in [0.15, 0.2) is 24.3 Å². The summed E-state index contributed by atoms with van der Waals surface area (Å²) in [6.07, 6.45) is 0. The Balaban J connectivity index is 2.41. The van der Waals surface area contributed by atoms with Gasteiger partial charge in [0.2, 0.25) is 0 Å². The number of aryl methyl sites for hydroxylation is 1. The summed E-state index contributed by atoms with van der Waals surface area (Å²) in [5, 5.41) is 1.02.